The van der Waals surface area contributed by atoms with Gasteiger partial charge in [0, 0.05) is 25.7 Å². The number of amides is 1. The second kappa shape index (κ2) is 6.73. The number of anilines is 1. The van der Waals surface area contributed by atoms with E-state index in [1.54, 1.807) is 38.1 Å². The fraction of sp³-hybridized carbons (Fsp3) is 0.200. The molecule has 0 saturated carbocycles. The first-order valence-electron chi connectivity index (χ1n) is 6.73. The predicted molar refractivity (Wildman–Crippen MR) is 85.9 cm³/mol. The highest BCUT2D eigenvalue weighted by molar-refractivity contribution is 5.95. The molecule has 0 fully saturated rings. The molecule has 1 amide bonds. The summed E-state index contributed by atoms with van der Waals surface area (Å²) in [5.74, 6) is 0.0792. The number of rotatable bonds is 5. The van der Waals surface area contributed by atoms with Crippen molar-refractivity contribution in [1.29, 1.82) is 0 Å². The summed E-state index contributed by atoms with van der Waals surface area (Å²) < 4.78 is 5.04. The maximum atomic E-state index is 11.8. The van der Waals surface area contributed by atoms with Crippen LogP contribution in [0.25, 0.3) is 0 Å². The molecule has 2 aromatic rings. The van der Waals surface area contributed by atoms with Gasteiger partial charge in [-0.15, -0.1) is 0 Å². The molecule has 1 N–H and O–H groups in total. The van der Waals surface area contributed by atoms with E-state index in [-0.39, 0.29) is 5.69 Å². The molecule has 0 spiro atoms. The summed E-state index contributed by atoms with van der Waals surface area (Å²) in [6, 6.07) is 6.24. The summed E-state index contributed by atoms with van der Waals surface area (Å²) >= 11 is 0. The molecular formula is C15H16N4O4. The van der Waals surface area contributed by atoms with Crippen molar-refractivity contribution in [2.24, 2.45) is 5.10 Å². The molecule has 0 radical (unpaired) electrons. The summed E-state index contributed by atoms with van der Waals surface area (Å²) in [7, 11) is 3.45. The lowest BCUT2D eigenvalue weighted by atomic mass is 10.2. The number of nitro benzene ring substituents is 1. The molecule has 1 aromatic carbocycles. The molecule has 0 saturated heterocycles. The third-order valence-electron chi connectivity index (χ3n) is 3.16. The molecule has 8 heteroatoms. The van der Waals surface area contributed by atoms with Crippen molar-refractivity contribution in [3.8, 4) is 0 Å². The summed E-state index contributed by atoms with van der Waals surface area (Å²) in [6.45, 7) is 1.67. The first-order valence-corrected chi connectivity index (χ1v) is 6.73. The zero-order valence-electron chi connectivity index (χ0n) is 12.9. The van der Waals surface area contributed by atoms with Gasteiger partial charge in [-0.3, -0.25) is 14.9 Å². The molecule has 0 aliphatic rings. The molecule has 8 nitrogen and oxygen atoms in total. The molecule has 23 heavy (non-hydrogen) atoms. The Balaban J connectivity index is 2.14. The summed E-state index contributed by atoms with van der Waals surface area (Å²) in [4.78, 5) is 24.1. The van der Waals surface area contributed by atoms with Gasteiger partial charge in [0.25, 0.3) is 11.6 Å². The maximum absolute atomic E-state index is 11.8. The second-order valence-corrected chi connectivity index (χ2v) is 4.99. The minimum absolute atomic E-state index is 0.0315. The quantitative estimate of drug-likeness (QED) is 0.518. The number of nitrogens with zero attached hydrogens (tertiary/aromatic N) is 3. The van der Waals surface area contributed by atoms with E-state index in [0.29, 0.717) is 22.6 Å². The first-order chi connectivity index (χ1) is 10.9. The Labute approximate surface area is 132 Å². The van der Waals surface area contributed by atoms with Crippen LogP contribution in [0.3, 0.4) is 0 Å². The van der Waals surface area contributed by atoms with Crippen molar-refractivity contribution < 1.29 is 14.1 Å². The van der Waals surface area contributed by atoms with Gasteiger partial charge in [-0.05, 0) is 19.1 Å². The lowest BCUT2D eigenvalue weighted by Gasteiger charge is -2.12. The fourth-order valence-electron chi connectivity index (χ4n) is 1.99. The number of carbonyl (C=O) groups is 1. The third kappa shape index (κ3) is 3.73. The molecule has 1 aromatic heterocycles. The highest BCUT2D eigenvalue weighted by atomic mass is 16.6. The zero-order valence-corrected chi connectivity index (χ0v) is 12.9. The minimum atomic E-state index is -0.458. The number of nitrogens with one attached hydrogen (secondary N) is 1. The van der Waals surface area contributed by atoms with Gasteiger partial charge >= 0.3 is 0 Å². The maximum Gasteiger partial charge on any atom is 0.293 e. The van der Waals surface area contributed by atoms with Crippen molar-refractivity contribution >= 4 is 23.5 Å². The van der Waals surface area contributed by atoms with Crippen LogP contribution >= 0.6 is 0 Å². The Hall–Kier alpha value is -3.16. The molecule has 0 aliphatic carbocycles. The minimum Gasteiger partial charge on any atom is -0.469 e. The van der Waals surface area contributed by atoms with Crippen LogP contribution in [0, 0.1) is 17.0 Å². The van der Waals surface area contributed by atoms with Gasteiger partial charge in [-0.1, -0.05) is 6.07 Å². The average Bonchev–Trinajstić information content (AvgIpc) is 2.93. The van der Waals surface area contributed by atoms with E-state index in [1.165, 1.54) is 24.6 Å². The monoisotopic (exact) mass is 316 g/mol. The lowest BCUT2D eigenvalue weighted by molar-refractivity contribution is -0.384. The number of nitro groups is 1. The number of aryl methyl sites for hydroxylation is 1. The van der Waals surface area contributed by atoms with Crippen LogP contribution in [0.5, 0.6) is 0 Å². The van der Waals surface area contributed by atoms with E-state index < -0.39 is 10.8 Å². The SMILES string of the molecule is Cc1occc1C(=O)N/N=C\c1ccc(N(C)C)c([N+](=O)[O-])c1. The van der Waals surface area contributed by atoms with Gasteiger partial charge < -0.3 is 9.32 Å². The molecule has 0 bridgehead atoms. The number of carbonyl (C=O) groups excluding carboxylic acids is 1. The van der Waals surface area contributed by atoms with Crippen molar-refractivity contribution in [2.75, 3.05) is 19.0 Å². The molecule has 0 unspecified atom stereocenters. The van der Waals surface area contributed by atoms with Crippen LogP contribution in [-0.4, -0.2) is 31.1 Å². The van der Waals surface area contributed by atoms with Gasteiger partial charge in [-0.25, -0.2) is 5.43 Å². The van der Waals surface area contributed by atoms with Crippen LogP contribution in [0.1, 0.15) is 21.7 Å². The zero-order chi connectivity index (χ0) is 17.0. The highest BCUT2D eigenvalue weighted by Crippen LogP contribution is 2.27. The van der Waals surface area contributed by atoms with E-state index in [1.807, 2.05) is 0 Å². The summed E-state index contributed by atoms with van der Waals surface area (Å²) in [5.41, 5.74) is 3.70. The Kier molecular flexibility index (Phi) is 4.75. The van der Waals surface area contributed by atoms with E-state index in [0.717, 1.165) is 0 Å². The van der Waals surface area contributed by atoms with Gasteiger partial charge in [0.1, 0.15) is 11.4 Å². The topological polar surface area (TPSA) is 101 Å². The van der Waals surface area contributed by atoms with Crippen LogP contribution in [-0.2, 0) is 0 Å². The Morgan fingerprint density at radius 2 is 2.13 bits per heavy atom. The van der Waals surface area contributed by atoms with Gasteiger partial charge in [0.05, 0.1) is 23.0 Å². The highest BCUT2D eigenvalue weighted by Gasteiger charge is 2.15. The molecule has 2 rings (SSSR count). The Bertz CT molecular complexity index is 765. The smallest absolute Gasteiger partial charge is 0.293 e. The van der Waals surface area contributed by atoms with Crippen LogP contribution in [0.2, 0.25) is 0 Å². The van der Waals surface area contributed by atoms with Crippen LogP contribution < -0.4 is 10.3 Å². The third-order valence-corrected chi connectivity index (χ3v) is 3.16. The number of furan rings is 1. The molecule has 1 heterocycles. The number of hydrogen-bond acceptors (Lipinski definition) is 6. The van der Waals surface area contributed by atoms with Crippen LogP contribution in [0.4, 0.5) is 11.4 Å². The molecule has 120 valence electrons. The molecule has 0 aliphatic heterocycles. The molecular weight excluding hydrogens is 300 g/mol. The van der Waals surface area contributed by atoms with Crippen molar-refractivity contribution in [3.05, 3.63) is 57.5 Å². The van der Waals surface area contributed by atoms with E-state index in [2.05, 4.69) is 10.5 Å². The molecule has 0 atom stereocenters. The van der Waals surface area contributed by atoms with Crippen molar-refractivity contribution in [1.82, 2.24) is 5.43 Å². The standard InChI is InChI=1S/C15H16N4O4/c1-10-12(6-7-23-10)15(20)17-16-9-11-4-5-13(18(2)3)14(8-11)19(21)22/h4-9H,1-3H3,(H,17,20)/b16-9-. The second-order valence-electron chi connectivity index (χ2n) is 4.99. The first kappa shape index (κ1) is 16.2. The van der Waals surface area contributed by atoms with Gasteiger partial charge in [0.15, 0.2) is 0 Å². The Morgan fingerprint density at radius 1 is 1.39 bits per heavy atom. The van der Waals surface area contributed by atoms with E-state index in [4.69, 9.17) is 4.42 Å². The fourth-order valence-corrected chi connectivity index (χ4v) is 1.99. The summed E-state index contributed by atoms with van der Waals surface area (Å²) in [6.07, 6.45) is 2.76. The van der Waals surface area contributed by atoms with Crippen LogP contribution in [0.15, 0.2) is 40.0 Å². The van der Waals surface area contributed by atoms with Gasteiger partial charge in [0.2, 0.25) is 0 Å². The average molecular weight is 316 g/mol. The Morgan fingerprint density at radius 3 is 2.70 bits per heavy atom. The van der Waals surface area contributed by atoms with E-state index in [9.17, 15) is 14.9 Å². The van der Waals surface area contributed by atoms with Crippen molar-refractivity contribution in [2.45, 2.75) is 6.92 Å². The number of hydrazone groups is 1. The largest absolute Gasteiger partial charge is 0.469 e. The predicted octanol–water partition coefficient (Wildman–Crippen LogP) is 2.33. The van der Waals surface area contributed by atoms with Crippen molar-refractivity contribution in [3.63, 3.8) is 0 Å². The number of hydrogen-bond donors (Lipinski definition) is 1. The normalized spacial score (nSPS) is 10.7. The summed E-state index contributed by atoms with van der Waals surface area (Å²) in [5, 5.41) is 14.9. The number of benzene rings is 1. The van der Waals surface area contributed by atoms with Gasteiger partial charge in [-0.2, -0.15) is 5.10 Å². The van der Waals surface area contributed by atoms with E-state index >= 15 is 0 Å². The lowest BCUT2D eigenvalue weighted by Crippen LogP contribution is -2.17.